The van der Waals surface area contributed by atoms with Crippen LogP contribution < -0.4 is 4.90 Å². The molecular formula is C15H20N4O6. The van der Waals surface area contributed by atoms with Crippen molar-refractivity contribution in [2.75, 3.05) is 31.1 Å². The number of rotatable bonds is 3. The van der Waals surface area contributed by atoms with Crippen LogP contribution >= 0.6 is 0 Å². The van der Waals surface area contributed by atoms with Gasteiger partial charge in [-0.1, -0.05) is 0 Å². The van der Waals surface area contributed by atoms with Gasteiger partial charge < -0.3 is 14.5 Å². The van der Waals surface area contributed by atoms with Gasteiger partial charge in [-0.2, -0.15) is 0 Å². The number of ether oxygens (including phenoxy) is 1. The van der Waals surface area contributed by atoms with E-state index in [4.69, 9.17) is 4.74 Å². The summed E-state index contributed by atoms with van der Waals surface area (Å²) in [6.45, 7) is 6.78. The highest BCUT2D eigenvalue weighted by molar-refractivity contribution is 5.70. The van der Waals surface area contributed by atoms with Crippen molar-refractivity contribution >= 4 is 23.2 Å². The van der Waals surface area contributed by atoms with Crippen molar-refractivity contribution in [1.29, 1.82) is 0 Å². The smallest absolute Gasteiger partial charge is 0.410 e. The van der Waals surface area contributed by atoms with E-state index in [0.717, 1.165) is 6.07 Å². The lowest BCUT2D eigenvalue weighted by Gasteiger charge is -2.36. The number of nitrogens with zero attached hydrogens (tertiary/aromatic N) is 4. The van der Waals surface area contributed by atoms with Gasteiger partial charge in [0.2, 0.25) is 0 Å². The van der Waals surface area contributed by atoms with E-state index in [2.05, 4.69) is 0 Å². The number of nitro groups is 2. The second kappa shape index (κ2) is 6.91. The molecule has 0 aromatic heterocycles. The summed E-state index contributed by atoms with van der Waals surface area (Å²) >= 11 is 0. The number of hydrogen-bond acceptors (Lipinski definition) is 7. The third kappa shape index (κ3) is 4.55. The van der Waals surface area contributed by atoms with E-state index in [1.54, 1.807) is 30.6 Å². The molecule has 1 amide bonds. The Labute approximate surface area is 144 Å². The van der Waals surface area contributed by atoms with E-state index < -0.39 is 21.5 Å². The molecule has 0 atom stereocenters. The Hall–Kier alpha value is -2.91. The van der Waals surface area contributed by atoms with Gasteiger partial charge in [0.25, 0.3) is 11.4 Å². The summed E-state index contributed by atoms with van der Waals surface area (Å²) < 4.78 is 5.31. The molecule has 0 saturated carbocycles. The molecule has 1 heterocycles. The van der Waals surface area contributed by atoms with Crippen LogP contribution in [0.15, 0.2) is 18.2 Å². The number of anilines is 1. The Balaban J connectivity index is 2.11. The van der Waals surface area contributed by atoms with Gasteiger partial charge in [-0.15, -0.1) is 0 Å². The van der Waals surface area contributed by atoms with Crippen LogP contribution in [0.4, 0.5) is 21.9 Å². The molecule has 0 N–H and O–H groups in total. The second-order valence-corrected chi connectivity index (χ2v) is 6.64. The minimum atomic E-state index is -0.669. The molecular weight excluding hydrogens is 332 g/mol. The first-order chi connectivity index (χ1) is 11.6. The highest BCUT2D eigenvalue weighted by atomic mass is 16.6. The van der Waals surface area contributed by atoms with Crippen molar-refractivity contribution in [3.8, 4) is 0 Å². The molecule has 1 aliphatic rings. The molecule has 10 heteroatoms. The third-order valence-electron chi connectivity index (χ3n) is 3.64. The molecule has 0 bridgehead atoms. The fourth-order valence-corrected chi connectivity index (χ4v) is 2.50. The summed E-state index contributed by atoms with van der Waals surface area (Å²) in [5.41, 5.74) is -0.937. The number of piperazine rings is 1. The molecule has 0 spiro atoms. The van der Waals surface area contributed by atoms with Crippen LogP contribution in [-0.2, 0) is 4.74 Å². The number of benzene rings is 1. The van der Waals surface area contributed by atoms with Crippen LogP contribution in [0.2, 0.25) is 0 Å². The zero-order chi connectivity index (χ0) is 18.8. The van der Waals surface area contributed by atoms with Gasteiger partial charge in [0.05, 0.1) is 15.9 Å². The number of carbonyl (C=O) groups excluding carboxylic acids is 1. The molecule has 2 rings (SSSR count). The predicted octanol–water partition coefficient (Wildman–Crippen LogP) is 2.56. The Kier molecular flexibility index (Phi) is 5.10. The average Bonchev–Trinajstić information content (AvgIpc) is 2.52. The van der Waals surface area contributed by atoms with E-state index >= 15 is 0 Å². The predicted molar refractivity (Wildman–Crippen MR) is 89.8 cm³/mol. The van der Waals surface area contributed by atoms with Crippen LogP contribution in [0.1, 0.15) is 20.8 Å². The van der Waals surface area contributed by atoms with Gasteiger partial charge >= 0.3 is 6.09 Å². The molecule has 0 radical (unpaired) electrons. The molecule has 1 aliphatic heterocycles. The van der Waals surface area contributed by atoms with E-state index in [0.29, 0.717) is 31.9 Å². The number of hydrogen-bond donors (Lipinski definition) is 0. The van der Waals surface area contributed by atoms with Crippen molar-refractivity contribution in [1.82, 2.24) is 4.90 Å². The van der Waals surface area contributed by atoms with Crippen molar-refractivity contribution in [3.05, 3.63) is 38.4 Å². The maximum absolute atomic E-state index is 12.1. The monoisotopic (exact) mass is 352 g/mol. The Morgan fingerprint density at radius 1 is 1.08 bits per heavy atom. The summed E-state index contributed by atoms with van der Waals surface area (Å²) in [6.07, 6.45) is -0.426. The average molecular weight is 352 g/mol. The van der Waals surface area contributed by atoms with Crippen LogP contribution in [-0.4, -0.2) is 52.6 Å². The van der Waals surface area contributed by atoms with Crippen LogP contribution in [0.25, 0.3) is 0 Å². The third-order valence-corrected chi connectivity index (χ3v) is 3.64. The maximum atomic E-state index is 12.1. The summed E-state index contributed by atoms with van der Waals surface area (Å²) in [7, 11) is 0. The first-order valence-corrected chi connectivity index (χ1v) is 7.74. The Bertz CT molecular complexity index is 692. The van der Waals surface area contributed by atoms with Gasteiger partial charge in [0.1, 0.15) is 11.3 Å². The Morgan fingerprint density at radius 3 is 2.16 bits per heavy atom. The maximum Gasteiger partial charge on any atom is 0.410 e. The second-order valence-electron chi connectivity index (χ2n) is 6.64. The van der Waals surface area contributed by atoms with Crippen LogP contribution in [0.3, 0.4) is 0 Å². The minimum Gasteiger partial charge on any atom is -0.444 e. The summed E-state index contributed by atoms with van der Waals surface area (Å²) in [5, 5.41) is 22.0. The van der Waals surface area contributed by atoms with Crippen molar-refractivity contribution in [3.63, 3.8) is 0 Å². The first-order valence-electron chi connectivity index (χ1n) is 7.74. The van der Waals surface area contributed by atoms with E-state index in [1.165, 1.54) is 12.1 Å². The molecule has 1 aromatic rings. The van der Waals surface area contributed by atoms with Crippen molar-refractivity contribution in [2.45, 2.75) is 26.4 Å². The normalized spacial score (nSPS) is 15.0. The number of non-ortho nitro benzene ring substituents is 1. The molecule has 0 aliphatic carbocycles. The fraction of sp³-hybridized carbons (Fsp3) is 0.533. The summed E-state index contributed by atoms with van der Waals surface area (Å²) in [4.78, 5) is 36.1. The summed E-state index contributed by atoms with van der Waals surface area (Å²) in [6, 6.07) is 3.57. The largest absolute Gasteiger partial charge is 0.444 e. The van der Waals surface area contributed by atoms with Crippen LogP contribution in [0, 0.1) is 20.2 Å². The lowest BCUT2D eigenvalue weighted by atomic mass is 10.2. The van der Waals surface area contributed by atoms with Gasteiger partial charge in [0.15, 0.2) is 0 Å². The molecule has 1 aromatic carbocycles. The van der Waals surface area contributed by atoms with E-state index in [9.17, 15) is 25.0 Å². The molecule has 1 saturated heterocycles. The number of amides is 1. The molecule has 0 unspecified atom stereocenters. The highest BCUT2D eigenvalue weighted by Gasteiger charge is 2.29. The first kappa shape index (κ1) is 18.4. The highest BCUT2D eigenvalue weighted by Crippen LogP contribution is 2.32. The number of nitro benzene ring substituents is 2. The standard InChI is InChI=1S/C15H20N4O6/c1-15(2,3)25-14(20)17-8-6-16(7-9-17)12-5-4-11(18(21)22)10-13(12)19(23)24/h4-5,10H,6-9H2,1-3H3. The van der Waals surface area contributed by atoms with Gasteiger partial charge in [-0.25, -0.2) is 4.79 Å². The van der Waals surface area contributed by atoms with E-state index in [1.807, 2.05) is 0 Å². The minimum absolute atomic E-state index is 0.305. The quantitative estimate of drug-likeness (QED) is 0.605. The summed E-state index contributed by atoms with van der Waals surface area (Å²) in [5.74, 6) is 0. The number of carbonyl (C=O) groups is 1. The fourth-order valence-electron chi connectivity index (χ4n) is 2.50. The molecule has 10 nitrogen and oxygen atoms in total. The van der Waals surface area contributed by atoms with Gasteiger partial charge in [0, 0.05) is 32.2 Å². The molecule has 136 valence electrons. The van der Waals surface area contributed by atoms with E-state index in [-0.39, 0.29) is 11.4 Å². The molecule has 25 heavy (non-hydrogen) atoms. The zero-order valence-corrected chi connectivity index (χ0v) is 14.3. The van der Waals surface area contributed by atoms with Crippen molar-refractivity contribution < 1.29 is 19.4 Å². The SMILES string of the molecule is CC(C)(C)OC(=O)N1CCN(c2ccc([N+](=O)[O-])cc2[N+](=O)[O-])CC1. The molecule has 1 fully saturated rings. The Morgan fingerprint density at radius 2 is 1.68 bits per heavy atom. The van der Waals surface area contributed by atoms with Gasteiger partial charge in [-0.05, 0) is 26.8 Å². The van der Waals surface area contributed by atoms with Crippen molar-refractivity contribution in [2.24, 2.45) is 0 Å². The lowest BCUT2D eigenvalue weighted by Crippen LogP contribution is -2.50. The van der Waals surface area contributed by atoms with Crippen LogP contribution in [0.5, 0.6) is 0 Å². The lowest BCUT2D eigenvalue weighted by molar-refractivity contribution is -0.393. The zero-order valence-electron chi connectivity index (χ0n) is 14.3. The van der Waals surface area contributed by atoms with Gasteiger partial charge in [-0.3, -0.25) is 20.2 Å². The topological polar surface area (TPSA) is 119 Å².